The van der Waals surface area contributed by atoms with E-state index in [0.29, 0.717) is 6.54 Å². The molecule has 0 bridgehead atoms. The Kier molecular flexibility index (Phi) is 7.31. The molecule has 1 heterocycles. The van der Waals surface area contributed by atoms with Crippen LogP contribution in [0.1, 0.15) is 37.8 Å². The molecule has 0 atom stereocenters. The molecule has 0 unspecified atom stereocenters. The standard InChI is InChI=1S/C23H31N3O2/c1-18(2)28-22-10-8-19(9-11-22)16-24-23(27)25-21-12-14-26(15-13-21)17-20-6-4-3-5-7-20/h3-11,18,21H,12-17H2,1-2H3,(H2,24,25,27). The van der Waals surface area contributed by atoms with E-state index in [2.05, 4.69) is 39.8 Å². The van der Waals surface area contributed by atoms with Crippen molar-refractivity contribution >= 4 is 6.03 Å². The van der Waals surface area contributed by atoms with Crippen molar-refractivity contribution in [3.8, 4) is 5.75 Å². The number of benzene rings is 2. The van der Waals surface area contributed by atoms with Crippen LogP contribution in [0.25, 0.3) is 0 Å². The Bertz CT molecular complexity index is 723. The average Bonchev–Trinajstić information content (AvgIpc) is 2.69. The summed E-state index contributed by atoms with van der Waals surface area (Å²) < 4.78 is 5.64. The highest BCUT2D eigenvalue weighted by atomic mass is 16.5. The highest BCUT2D eigenvalue weighted by molar-refractivity contribution is 5.74. The fraction of sp³-hybridized carbons (Fsp3) is 0.435. The minimum absolute atomic E-state index is 0.0935. The van der Waals surface area contributed by atoms with Gasteiger partial charge < -0.3 is 15.4 Å². The molecule has 0 aromatic heterocycles. The summed E-state index contributed by atoms with van der Waals surface area (Å²) >= 11 is 0. The zero-order valence-electron chi connectivity index (χ0n) is 16.9. The monoisotopic (exact) mass is 381 g/mol. The fourth-order valence-electron chi connectivity index (χ4n) is 3.45. The van der Waals surface area contributed by atoms with E-state index >= 15 is 0 Å². The average molecular weight is 382 g/mol. The summed E-state index contributed by atoms with van der Waals surface area (Å²) in [5.41, 5.74) is 2.40. The van der Waals surface area contributed by atoms with E-state index in [1.54, 1.807) is 0 Å². The summed E-state index contributed by atoms with van der Waals surface area (Å²) in [7, 11) is 0. The van der Waals surface area contributed by atoms with Gasteiger partial charge in [-0.25, -0.2) is 4.79 Å². The molecule has 1 aliphatic heterocycles. The summed E-state index contributed by atoms with van der Waals surface area (Å²) in [6, 6.07) is 18.6. The minimum Gasteiger partial charge on any atom is -0.491 e. The van der Waals surface area contributed by atoms with Crippen LogP contribution in [-0.2, 0) is 13.1 Å². The Morgan fingerprint density at radius 2 is 1.71 bits per heavy atom. The topological polar surface area (TPSA) is 53.6 Å². The van der Waals surface area contributed by atoms with Crippen molar-refractivity contribution < 1.29 is 9.53 Å². The number of likely N-dealkylation sites (tertiary alicyclic amines) is 1. The number of rotatable bonds is 7. The lowest BCUT2D eigenvalue weighted by atomic mass is 10.0. The Morgan fingerprint density at radius 3 is 2.36 bits per heavy atom. The van der Waals surface area contributed by atoms with E-state index in [0.717, 1.165) is 43.8 Å². The number of nitrogens with one attached hydrogen (secondary N) is 2. The highest BCUT2D eigenvalue weighted by Crippen LogP contribution is 2.15. The predicted octanol–water partition coefficient (Wildman–Crippen LogP) is 3.94. The number of piperidine rings is 1. The molecule has 2 aromatic rings. The number of carbonyl (C=O) groups is 1. The van der Waals surface area contributed by atoms with Crippen LogP contribution in [0.5, 0.6) is 5.75 Å². The second-order valence-corrected chi connectivity index (χ2v) is 7.67. The van der Waals surface area contributed by atoms with Gasteiger partial charge in [-0.05, 0) is 49.9 Å². The predicted molar refractivity (Wildman–Crippen MR) is 112 cm³/mol. The second-order valence-electron chi connectivity index (χ2n) is 7.67. The largest absolute Gasteiger partial charge is 0.491 e. The molecule has 0 aliphatic carbocycles. The third-order valence-electron chi connectivity index (χ3n) is 4.92. The van der Waals surface area contributed by atoms with Gasteiger partial charge in [0.15, 0.2) is 0 Å². The molecule has 0 saturated carbocycles. The third-order valence-corrected chi connectivity index (χ3v) is 4.92. The Morgan fingerprint density at radius 1 is 1.04 bits per heavy atom. The van der Waals surface area contributed by atoms with Gasteiger partial charge in [0.1, 0.15) is 5.75 Å². The molecule has 1 aliphatic rings. The van der Waals surface area contributed by atoms with Crippen molar-refractivity contribution in [3.05, 3.63) is 65.7 Å². The van der Waals surface area contributed by atoms with Gasteiger partial charge in [0.25, 0.3) is 0 Å². The molecule has 150 valence electrons. The molecule has 0 spiro atoms. The number of hydrogen-bond donors (Lipinski definition) is 2. The van der Waals surface area contributed by atoms with Gasteiger partial charge >= 0.3 is 6.03 Å². The van der Waals surface area contributed by atoms with Crippen LogP contribution in [-0.4, -0.2) is 36.2 Å². The first-order valence-electron chi connectivity index (χ1n) is 10.1. The van der Waals surface area contributed by atoms with Gasteiger partial charge in [-0.15, -0.1) is 0 Å². The number of urea groups is 1. The second kappa shape index (κ2) is 10.1. The van der Waals surface area contributed by atoms with Crippen molar-refractivity contribution in [1.29, 1.82) is 0 Å². The van der Waals surface area contributed by atoms with Crippen LogP contribution in [0.15, 0.2) is 54.6 Å². The van der Waals surface area contributed by atoms with E-state index in [1.165, 1.54) is 5.56 Å². The zero-order valence-corrected chi connectivity index (χ0v) is 16.9. The van der Waals surface area contributed by atoms with E-state index in [9.17, 15) is 4.79 Å². The number of carbonyl (C=O) groups excluding carboxylic acids is 1. The summed E-state index contributed by atoms with van der Waals surface area (Å²) in [6.07, 6.45) is 2.14. The zero-order chi connectivity index (χ0) is 19.8. The van der Waals surface area contributed by atoms with Crippen LogP contribution < -0.4 is 15.4 Å². The van der Waals surface area contributed by atoms with Gasteiger partial charge in [0.05, 0.1) is 6.10 Å². The normalized spacial score (nSPS) is 15.4. The van der Waals surface area contributed by atoms with Gasteiger partial charge in [0, 0.05) is 32.2 Å². The summed E-state index contributed by atoms with van der Waals surface area (Å²) in [4.78, 5) is 14.7. The van der Waals surface area contributed by atoms with E-state index in [4.69, 9.17) is 4.74 Å². The molecular formula is C23H31N3O2. The Balaban J connectivity index is 1.35. The van der Waals surface area contributed by atoms with Crippen LogP contribution >= 0.6 is 0 Å². The van der Waals surface area contributed by atoms with Gasteiger partial charge in [-0.2, -0.15) is 0 Å². The van der Waals surface area contributed by atoms with Gasteiger partial charge in [-0.3, -0.25) is 4.90 Å². The quantitative estimate of drug-likeness (QED) is 0.764. The molecule has 0 radical (unpaired) electrons. The first-order chi connectivity index (χ1) is 13.6. The first-order valence-corrected chi connectivity index (χ1v) is 10.1. The van der Waals surface area contributed by atoms with E-state index < -0.39 is 0 Å². The minimum atomic E-state index is -0.0935. The van der Waals surface area contributed by atoms with Crippen LogP contribution in [0.2, 0.25) is 0 Å². The maximum absolute atomic E-state index is 12.2. The van der Waals surface area contributed by atoms with Crippen molar-refractivity contribution in [2.75, 3.05) is 13.1 Å². The van der Waals surface area contributed by atoms with E-state index in [-0.39, 0.29) is 18.2 Å². The lowest BCUT2D eigenvalue weighted by Gasteiger charge is -2.32. The molecule has 5 heteroatoms. The molecule has 2 amide bonds. The Hall–Kier alpha value is -2.53. The summed E-state index contributed by atoms with van der Waals surface area (Å²) in [5, 5.41) is 6.06. The van der Waals surface area contributed by atoms with Crippen molar-refractivity contribution in [2.24, 2.45) is 0 Å². The third kappa shape index (κ3) is 6.57. The maximum atomic E-state index is 12.2. The highest BCUT2D eigenvalue weighted by Gasteiger charge is 2.20. The van der Waals surface area contributed by atoms with E-state index in [1.807, 2.05) is 44.2 Å². The number of amides is 2. The molecular weight excluding hydrogens is 350 g/mol. The molecule has 2 aromatic carbocycles. The van der Waals surface area contributed by atoms with Crippen LogP contribution in [0.4, 0.5) is 4.79 Å². The van der Waals surface area contributed by atoms with Crippen molar-refractivity contribution in [3.63, 3.8) is 0 Å². The lowest BCUT2D eigenvalue weighted by Crippen LogP contribution is -2.47. The smallest absolute Gasteiger partial charge is 0.315 e. The molecule has 1 saturated heterocycles. The Labute approximate surface area is 168 Å². The molecule has 28 heavy (non-hydrogen) atoms. The van der Waals surface area contributed by atoms with Crippen LogP contribution in [0, 0.1) is 0 Å². The lowest BCUT2D eigenvalue weighted by molar-refractivity contribution is 0.186. The fourth-order valence-corrected chi connectivity index (χ4v) is 3.45. The van der Waals surface area contributed by atoms with Gasteiger partial charge in [-0.1, -0.05) is 42.5 Å². The molecule has 3 rings (SSSR count). The number of ether oxygens (including phenoxy) is 1. The first kappa shape index (κ1) is 20.2. The number of nitrogens with zero attached hydrogens (tertiary/aromatic N) is 1. The molecule has 2 N–H and O–H groups in total. The summed E-state index contributed by atoms with van der Waals surface area (Å²) in [6.45, 7) is 7.53. The van der Waals surface area contributed by atoms with Gasteiger partial charge in [0.2, 0.25) is 0 Å². The van der Waals surface area contributed by atoms with Crippen molar-refractivity contribution in [1.82, 2.24) is 15.5 Å². The number of hydrogen-bond acceptors (Lipinski definition) is 3. The molecule has 1 fully saturated rings. The van der Waals surface area contributed by atoms with Crippen LogP contribution in [0.3, 0.4) is 0 Å². The SMILES string of the molecule is CC(C)Oc1ccc(CNC(=O)NC2CCN(Cc3ccccc3)CC2)cc1. The maximum Gasteiger partial charge on any atom is 0.315 e. The summed E-state index contributed by atoms with van der Waals surface area (Å²) in [5.74, 6) is 0.852. The van der Waals surface area contributed by atoms with Crippen molar-refractivity contribution in [2.45, 2.75) is 51.9 Å². The molecule has 5 nitrogen and oxygen atoms in total.